The van der Waals surface area contributed by atoms with Crippen LogP contribution in [0, 0.1) is 12.8 Å². The second kappa shape index (κ2) is 9.04. The summed E-state index contributed by atoms with van der Waals surface area (Å²) in [6, 6.07) is 7.60. The van der Waals surface area contributed by atoms with E-state index in [0.717, 1.165) is 22.7 Å². The van der Waals surface area contributed by atoms with Crippen molar-refractivity contribution in [3.63, 3.8) is 0 Å². The minimum atomic E-state index is -0.622. The summed E-state index contributed by atoms with van der Waals surface area (Å²) in [5.41, 5.74) is 0.207. The van der Waals surface area contributed by atoms with Crippen molar-refractivity contribution in [2.45, 2.75) is 66.0 Å². The van der Waals surface area contributed by atoms with Gasteiger partial charge in [0.25, 0.3) is 5.56 Å². The Balaban J connectivity index is 1.91. The van der Waals surface area contributed by atoms with Crippen molar-refractivity contribution >= 4 is 27.8 Å². The Hall–Kier alpha value is -3.09. The number of benzene rings is 1. The number of fused-ring (bicyclic) bond motifs is 3. The molecular weight excluding hydrogens is 418 g/mol. The van der Waals surface area contributed by atoms with Crippen LogP contribution in [-0.2, 0) is 11.8 Å². The van der Waals surface area contributed by atoms with Gasteiger partial charge in [-0.2, -0.15) is 0 Å². The Morgan fingerprint density at radius 3 is 2.48 bits per heavy atom. The first-order valence-electron chi connectivity index (χ1n) is 11.3. The summed E-state index contributed by atoms with van der Waals surface area (Å²) in [5.74, 6) is 0.970. The van der Waals surface area contributed by atoms with Crippen molar-refractivity contribution < 1.29 is 14.3 Å². The predicted octanol–water partition coefficient (Wildman–Crippen LogP) is 5.10. The van der Waals surface area contributed by atoms with Gasteiger partial charge in [-0.25, -0.2) is 4.79 Å². The molecule has 1 aromatic carbocycles. The number of ether oxygens (including phenoxy) is 2. The quantitative estimate of drug-likeness (QED) is 0.525. The molecule has 0 spiro atoms. The summed E-state index contributed by atoms with van der Waals surface area (Å²) in [4.78, 5) is 29.7. The average molecular weight is 454 g/mol. The van der Waals surface area contributed by atoms with Crippen LogP contribution < -0.4 is 15.6 Å². The van der Waals surface area contributed by atoms with E-state index in [9.17, 15) is 9.59 Å². The van der Waals surface area contributed by atoms with Crippen LogP contribution in [0.25, 0.3) is 21.7 Å². The van der Waals surface area contributed by atoms with E-state index < -0.39 is 17.2 Å². The van der Waals surface area contributed by atoms with Crippen LogP contribution in [0.4, 0.5) is 4.79 Å². The van der Waals surface area contributed by atoms with Gasteiger partial charge in [-0.3, -0.25) is 9.78 Å². The molecule has 0 radical (unpaired) electrons. The standard InChI is InChI=1S/C26H35N3O4/c1-16(2)14-26(7,28-24(31)33-25(4,5)6)15-32-18-9-10-19-20-11-12-27-17(3)22(20)23(30)29(8)21(19)13-18/h9-13,16H,14-15H2,1-8H3,(H,28,31). The van der Waals surface area contributed by atoms with E-state index >= 15 is 0 Å². The van der Waals surface area contributed by atoms with Gasteiger partial charge in [-0.1, -0.05) is 13.8 Å². The van der Waals surface area contributed by atoms with Gasteiger partial charge in [0.2, 0.25) is 0 Å². The second-order valence-electron chi connectivity index (χ2n) is 10.4. The minimum absolute atomic E-state index is 0.0866. The van der Waals surface area contributed by atoms with Crippen LogP contribution in [0.3, 0.4) is 0 Å². The van der Waals surface area contributed by atoms with Crippen LogP contribution in [-0.4, -0.2) is 33.4 Å². The second-order valence-corrected chi connectivity index (χ2v) is 10.4. The zero-order chi connectivity index (χ0) is 24.6. The maximum absolute atomic E-state index is 13.0. The number of hydrogen-bond acceptors (Lipinski definition) is 5. The molecule has 1 amide bonds. The molecule has 3 aromatic rings. The van der Waals surface area contributed by atoms with Crippen LogP contribution in [0.5, 0.6) is 5.75 Å². The Labute approximate surface area is 195 Å². The number of hydrogen-bond donors (Lipinski definition) is 1. The topological polar surface area (TPSA) is 82.5 Å². The molecule has 0 saturated carbocycles. The fourth-order valence-electron chi connectivity index (χ4n) is 4.28. The molecule has 7 heteroatoms. The number of carbonyl (C=O) groups is 1. The molecule has 1 N–H and O–H groups in total. The van der Waals surface area contributed by atoms with Gasteiger partial charge in [0.15, 0.2) is 0 Å². The molecule has 0 fully saturated rings. The van der Waals surface area contributed by atoms with Crippen LogP contribution in [0.2, 0.25) is 0 Å². The van der Waals surface area contributed by atoms with E-state index in [-0.39, 0.29) is 12.2 Å². The highest BCUT2D eigenvalue weighted by Gasteiger charge is 2.31. The molecule has 0 saturated heterocycles. The lowest BCUT2D eigenvalue weighted by Crippen LogP contribution is -2.52. The first-order chi connectivity index (χ1) is 15.3. The lowest BCUT2D eigenvalue weighted by molar-refractivity contribution is 0.0408. The monoisotopic (exact) mass is 453 g/mol. The lowest BCUT2D eigenvalue weighted by Gasteiger charge is -2.33. The molecule has 0 aliphatic rings. The van der Waals surface area contributed by atoms with Crippen LogP contribution >= 0.6 is 0 Å². The SMILES string of the molecule is Cc1nccc2c1c(=O)n(C)c1cc(OCC(C)(CC(C)C)NC(=O)OC(C)(C)C)ccc21. The first kappa shape index (κ1) is 24.6. The van der Waals surface area contributed by atoms with E-state index in [4.69, 9.17) is 9.47 Å². The molecular formula is C26H35N3O4. The van der Waals surface area contributed by atoms with Crippen molar-refractivity contribution in [3.05, 3.63) is 46.5 Å². The predicted molar refractivity (Wildman–Crippen MR) is 132 cm³/mol. The Bertz CT molecular complexity index is 1240. The molecule has 1 atom stereocenters. The number of aryl methyl sites for hydroxylation is 2. The number of nitrogens with zero attached hydrogens (tertiary/aromatic N) is 2. The smallest absolute Gasteiger partial charge is 0.408 e. The van der Waals surface area contributed by atoms with E-state index in [1.165, 1.54) is 0 Å². The summed E-state index contributed by atoms with van der Waals surface area (Å²) in [7, 11) is 1.76. The van der Waals surface area contributed by atoms with Crippen molar-refractivity contribution in [1.82, 2.24) is 14.9 Å². The van der Waals surface area contributed by atoms with Crippen molar-refractivity contribution in [2.75, 3.05) is 6.61 Å². The maximum atomic E-state index is 13.0. The summed E-state index contributed by atoms with van der Waals surface area (Å²) in [5, 5.41) is 5.46. The van der Waals surface area contributed by atoms with Gasteiger partial charge in [-0.15, -0.1) is 0 Å². The largest absolute Gasteiger partial charge is 0.491 e. The van der Waals surface area contributed by atoms with E-state index in [0.29, 0.717) is 22.7 Å². The third kappa shape index (κ3) is 5.64. The Morgan fingerprint density at radius 1 is 1.15 bits per heavy atom. The lowest BCUT2D eigenvalue weighted by atomic mass is 9.91. The minimum Gasteiger partial charge on any atom is -0.491 e. The molecule has 1 unspecified atom stereocenters. The Morgan fingerprint density at radius 2 is 1.85 bits per heavy atom. The molecule has 7 nitrogen and oxygen atoms in total. The normalized spacial score (nSPS) is 13.8. The molecule has 2 heterocycles. The molecule has 3 rings (SSSR count). The van der Waals surface area contributed by atoms with E-state index in [1.807, 2.05) is 58.9 Å². The number of pyridine rings is 2. The number of amides is 1. The first-order valence-corrected chi connectivity index (χ1v) is 11.3. The highest BCUT2D eigenvalue weighted by Crippen LogP contribution is 2.28. The van der Waals surface area contributed by atoms with Crippen LogP contribution in [0.1, 0.15) is 53.7 Å². The van der Waals surface area contributed by atoms with Crippen LogP contribution in [0.15, 0.2) is 35.3 Å². The third-order valence-electron chi connectivity index (χ3n) is 5.50. The van der Waals surface area contributed by atoms with Gasteiger partial charge in [0.05, 0.1) is 22.1 Å². The number of alkyl carbamates (subject to hydrolysis) is 1. The highest BCUT2D eigenvalue weighted by molar-refractivity contribution is 6.06. The fraction of sp³-hybridized carbons (Fsp3) is 0.500. The van der Waals surface area contributed by atoms with Gasteiger partial charge in [0.1, 0.15) is 18.0 Å². The van der Waals surface area contributed by atoms with Gasteiger partial charge < -0.3 is 19.4 Å². The molecule has 33 heavy (non-hydrogen) atoms. The molecule has 0 aliphatic heterocycles. The van der Waals surface area contributed by atoms with Crippen molar-refractivity contribution in [1.29, 1.82) is 0 Å². The van der Waals surface area contributed by atoms with E-state index in [1.54, 1.807) is 17.8 Å². The van der Waals surface area contributed by atoms with Gasteiger partial charge in [-0.05, 0) is 70.5 Å². The summed E-state index contributed by atoms with van der Waals surface area (Å²) in [6.45, 7) is 13.8. The molecule has 178 valence electrons. The highest BCUT2D eigenvalue weighted by atomic mass is 16.6. The molecule has 0 aliphatic carbocycles. The van der Waals surface area contributed by atoms with Gasteiger partial charge in [0, 0.05) is 24.7 Å². The number of rotatable bonds is 6. The fourth-order valence-corrected chi connectivity index (χ4v) is 4.28. The number of carbonyl (C=O) groups excluding carboxylic acids is 1. The van der Waals surface area contributed by atoms with E-state index in [2.05, 4.69) is 24.1 Å². The number of aromatic nitrogens is 2. The molecule has 0 bridgehead atoms. The maximum Gasteiger partial charge on any atom is 0.408 e. The summed E-state index contributed by atoms with van der Waals surface area (Å²) in [6.07, 6.45) is 1.97. The Kier molecular flexibility index (Phi) is 6.73. The average Bonchev–Trinajstić information content (AvgIpc) is 2.68. The van der Waals surface area contributed by atoms with Gasteiger partial charge >= 0.3 is 6.09 Å². The molecule has 2 aromatic heterocycles. The zero-order valence-electron chi connectivity index (χ0n) is 20.9. The summed E-state index contributed by atoms with van der Waals surface area (Å²) < 4.78 is 13.2. The summed E-state index contributed by atoms with van der Waals surface area (Å²) >= 11 is 0. The third-order valence-corrected chi connectivity index (χ3v) is 5.50. The zero-order valence-corrected chi connectivity index (χ0v) is 20.9. The van der Waals surface area contributed by atoms with Crippen molar-refractivity contribution in [3.8, 4) is 5.75 Å². The van der Waals surface area contributed by atoms with Crippen molar-refractivity contribution in [2.24, 2.45) is 13.0 Å². The number of nitrogens with one attached hydrogen (secondary N) is 1.